The van der Waals surface area contributed by atoms with Crippen molar-refractivity contribution in [3.8, 4) is 0 Å². The van der Waals surface area contributed by atoms with E-state index < -0.39 is 0 Å². The van der Waals surface area contributed by atoms with Crippen molar-refractivity contribution in [3.05, 3.63) is 51.0 Å². The lowest BCUT2D eigenvalue weighted by molar-refractivity contribution is -0.120. The summed E-state index contributed by atoms with van der Waals surface area (Å²) in [6.07, 6.45) is 1.42. The number of amides is 1. The van der Waals surface area contributed by atoms with Crippen molar-refractivity contribution in [3.63, 3.8) is 0 Å². The lowest BCUT2D eigenvalue weighted by Gasteiger charge is -2.00. The van der Waals surface area contributed by atoms with Gasteiger partial charge in [0.05, 0.1) is 12.2 Å². The second kappa shape index (κ2) is 6.66. The largest absolute Gasteiger partial charge is 0.350 e. The zero-order valence-electron chi connectivity index (χ0n) is 12.2. The van der Waals surface area contributed by atoms with Gasteiger partial charge in [0, 0.05) is 17.7 Å². The molecule has 0 radical (unpaired) electrons. The molecule has 0 aliphatic rings. The van der Waals surface area contributed by atoms with Gasteiger partial charge >= 0.3 is 0 Å². The van der Waals surface area contributed by atoms with Crippen LogP contribution < -0.4 is 5.32 Å². The standard InChI is InChI=1S/C16H20N2OS/c1-4-15(19)17-10-16-18-12(3)14(20-16)9-13-7-5-11(2)6-8-13/h5-8H,4,9-10H2,1-3H3,(H,17,19). The zero-order valence-corrected chi connectivity index (χ0v) is 13.0. The first kappa shape index (κ1) is 14.7. The number of rotatable bonds is 5. The first-order valence-electron chi connectivity index (χ1n) is 6.86. The third-order valence-electron chi connectivity index (χ3n) is 3.18. The van der Waals surface area contributed by atoms with Crippen LogP contribution in [0.1, 0.15) is 40.1 Å². The van der Waals surface area contributed by atoms with E-state index in [-0.39, 0.29) is 5.91 Å². The van der Waals surface area contributed by atoms with Gasteiger partial charge in [0.15, 0.2) is 0 Å². The number of aromatic nitrogens is 1. The Bertz CT molecular complexity index is 587. The second-order valence-corrected chi connectivity index (χ2v) is 6.08. The van der Waals surface area contributed by atoms with E-state index in [9.17, 15) is 4.79 Å². The Labute approximate surface area is 124 Å². The number of nitrogens with zero attached hydrogens (tertiary/aromatic N) is 1. The van der Waals surface area contributed by atoms with Crippen molar-refractivity contribution < 1.29 is 4.79 Å². The fourth-order valence-electron chi connectivity index (χ4n) is 1.92. The first-order chi connectivity index (χ1) is 9.58. The molecule has 2 rings (SSSR count). The molecule has 0 saturated heterocycles. The smallest absolute Gasteiger partial charge is 0.220 e. The average molecular weight is 288 g/mol. The van der Waals surface area contributed by atoms with Gasteiger partial charge in [-0.2, -0.15) is 0 Å². The number of benzene rings is 1. The van der Waals surface area contributed by atoms with Crippen molar-refractivity contribution in [2.45, 2.75) is 40.2 Å². The molecule has 20 heavy (non-hydrogen) atoms. The maximum Gasteiger partial charge on any atom is 0.220 e. The molecule has 0 aliphatic carbocycles. The molecule has 106 valence electrons. The summed E-state index contributed by atoms with van der Waals surface area (Å²) in [5.41, 5.74) is 3.64. The number of nitrogens with one attached hydrogen (secondary N) is 1. The van der Waals surface area contributed by atoms with E-state index in [1.165, 1.54) is 16.0 Å². The number of aryl methyl sites for hydroxylation is 2. The Morgan fingerprint density at radius 1 is 1.25 bits per heavy atom. The highest BCUT2D eigenvalue weighted by molar-refractivity contribution is 7.11. The van der Waals surface area contributed by atoms with Crippen LogP contribution in [0.2, 0.25) is 0 Å². The molecule has 0 fully saturated rings. The van der Waals surface area contributed by atoms with Gasteiger partial charge in [-0.1, -0.05) is 36.8 Å². The zero-order chi connectivity index (χ0) is 14.5. The Kier molecular flexibility index (Phi) is 4.90. The van der Waals surface area contributed by atoms with Crippen LogP contribution in [-0.4, -0.2) is 10.9 Å². The van der Waals surface area contributed by atoms with Crippen molar-refractivity contribution >= 4 is 17.2 Å². The molecule has 1 aromatic heterocycles. The van der Waals surface area contributed by atoms with Crippen LogP contribution in [0.5, 0.6) is 0 Å². The lowest BCUT2D eigenvalue weighted by Crippen LogP contribution is -2.21. The first-order valence-corrected chi connectivity index (χ1v) is 7.67. The molecule has 1 amide bonds. The molecule has 0 aliphatic heterocycles. The van der Waals surface area contributed by atoms with Gasteiger partial charge in [0.25, 0.3) is 0 Å². The Morgan fingerprint density at radius 3 is 2.60 bits per heavy atom. The van der Waals surface area contributed by atoms with Gasteiger partial charge in [0.2, 0.25) is 5.91 Å². The van der Waals surface area contributed by atoms with Gasteiger partial charge in [-0.3, -0.25) is 4.79 Å². The summed E-state index contributed by atoms with van der Waals surface area (Å²) >= 11 is 1.69. The summed E-state index contributed by atoms with van der Waals surface area (Å²) in [5.74, 6) is 0.0675. The third-order valence-corrected chi connectivity index (χ3v) is 4.34. The monoisotopic (exact) mass is 288 g/mol. The minimum atomic E-state index is 0.0675. The molecule has 4 heteroatoms. The Morgan fingerprint density at radius 2 is 1.95 bits per heavy atom. The average Bonchev–Trinajstić information content (AvgIpc) is 2.79. The topological polar surface area (TPSA) is 42.0 Å². The van der Waals surface area contributed by atoms with Crippen molar-refractivity contribution in [2.24, 2.45) is 0 Å². The molecule has 1 aromatic carbocycles. The van der Waals surface area contributed by atoms with E-state index in [1.54, 1.807) is 11.3 Å². The predicted octanol–water partition coefficient (Wildman–Crippen LogP) is 3.38. The summed E-state index contributed by atoms with van der Waals surface area (Å²) in [6.45, 7) is 6.51. The molecule has 3 nitrogen and oxygen atoms in total. The lowest BCUT2D eigenvalue weighted by atomic mass is 10.1. The maximum absolute atomic E-state index is 11.3. The minimum absolute atomic E-state index is 0.0675. The normalized spacial score (nSPS) is 10.6. The Balaban J connectivity index is 2.03. The molecule has 0 atom stereocenters. The molecule has 2 aromatic rings. The summed E-state index contributed by atoms with van der Waals surface area (Å²) in [5, 5.41) is 3.85. The SMILES string of the molecule is CCC(=O)NCc1nc(C)c(Cc2ccc(C)cc2)s1. The molecule has 1 heterocycles. The van der Waals surface area contributed by atoms with Gasteiger partial charge in [-0.25, -0.2) is 4.98 Å². The summed E-state index contributed by atoms with van der Waals surface area (Å²) in [4.78, 5) is 17.1. The molecular formula is C16H20N2OS. The van der Waals surface area contributed by atoms with E-state index in [2.05, 4.69) is 41.5 Å². The van der Waals surface area contributed by atoms with Crippen LogP contribution in [-0.2, 0) is 17.8 Å². The summed E-state index contributed by atoms with van der Waals surface area (Å²) in [6, 6.07) is 8.59. The summed E-state index contributed by atoms with van der Waals surface area (Å²) < 4.78 is 0. The molecule has 0 unspecified atom stereocenters. The van der Waals surface area contributed by atoms with Gasteiger partial charge < -0.3 is 5.32 Å². The summed E-state index contributed by atoms with van der Waals surface area (Å²) in [7, 11) is 0. The van der Waals surface area contributed by atoms with Crippen LogP contribution in [0.4, 0.5) is 0 Å². The van der Waals surface area contributed by atoms with Crippen LogP contribution >= 0.6 is 11.3 Å². The molecule has 0 saturated carbocycles. The number of carbonyl (C=O) groups is 1. The number of thiazole rings is 1. The number of hydrogen-bond acceptors (Lipinski definition) is 3. The second-order valence-electron chi connectivity index (χ2n) is 4.91. The van der Waals surface area contributed by atoms with Crippen LogP contribution in [0, 0.1) is 13.8 Å². The fraction of sp³-hybridized carbons (Fsp3) is 0.375. The predicted molar refractivity (Wildman–Crippen MR) is 83.0 cm³/mol. The minimum Gasteiger partial charge on any atom is -0.350 e. The van der Waals surface area contributed by atoms with Crippen LogP contribution in [0.15, 0.2) is 24.3 Å². The molecular weight excluding hydrogens is 268 g/mol. The highest BCUT2D eigenvalue weighted by Gasteiger charge is 2.09. The van der Waals surface area contributed by atoms with Crippen LogP contribution in [0.3, 0.4) is 0 Å². The highest BCUT2D eigenvalue weighted by Crippen LogP contribution is 2.21. The fourth-order valence-corrected chi connectivity index (χ4v) is 2.96. The molecule has 1 N–H and O–H groups in total. The number of carbonyl (C=O) groups excluding carboxylic acids is 1. The van der Waals surface area contributed by atoms with Gasteiger partial charge in [0.1, 0.15) is 5.01 Å². The van der Waals surface area contributed by atoms with E-state index in [0.29, 0.717) is 13.0 Å². The third kappa shape index (κ3) is 3.90. The molecule has 0 bridgehead atoms. The van der Waals surface area contributed by atoms with Crippen molar-refractivity contribution in [1.29, 1.82) is 0 Å². The number of hydrogen-bond donors (Lipinski definition) is 1. The maximum atomic E-state index is 11.3. The highest BCUT2D eigenvalue weighted by atomic mass is 32.1. The Hall–Kier alpha value is -1.68. The van der Waals surface area contributed by atoms with Gasteiger partial charge in [-0.05, 0) is 19.4 Å². The van der Waals surface area contributed by atoms with E-state index in [1.807, 2.05) is 13.8 Å². The van der Waals surface area contributed by atoms with E-state index in [0.717, 1.165) is 17.1 Å². The van der Waals surface area contributed by atoms with E-state index in [4.69, 9.17) is 0 Å². The van der Waals surface area contributed by atoms with Crippen molar-refractivity contribution in [1.82, 2.24) is 10.3 Å². The molecule has 0 spiro atoms. The van der Waals surface area contributed by atoms with Gasteiger partial charge in [-0.15, -0.1) is 11.3 Å². The van der Waals surface area contributed by atoms with E-state index >= 15 is 0 Å². The van der Waals surface area contributed by atoms with Crippen molar-refractivity contribution in [2.75, 3.05) is 0 Å². The van der Waals surface area contributed by atoms with Crippen LogP contribution in [0.25, 0.3) is 0 Å². The quantitative estimate of drug-likeness (QED) is 0.916.